The molecule has 6 nitrogen and oxygen atoms in total. The number of rotatable bonds is 8. The smallest absolute Gasteiger partial charge is 0.346 e. The number of hydrogen-bond donors (Lipinski definition) is 1. The SMILES string of the molecule is COc1ccc(C=C(C#N)C(=O)O)c(OCCOc2cccc(C)c2)c1. The van der Waals surface area contributed by atoms with Crippen molar-refractivity contribution >= 4 is 12.0 Å². The first-order valence-electron chi connectivity index (χ1n) is 7.89. The Morgan fingerprint density at radius 2 is 1.92 bits per heavy atom. The van der Waals surface area contributed by atoms with Crippen LogP contribution in [0.15, 0.2) is 48.0 Å². The highest BCUT2D eigenvalue weighted by Gasteiger charge is 2.10. The van der Waals surface area contributed by atoms with Crippen LogP contribution in [0.2, 0.25) is 0 Å². The lowest BCUT2D eigenvalue weighted by Crippen LogP contribution is -2.10. The Bertz CT molecular complexity index is 852. The number of methoxy groups -OCH3 is 1. The van der Waals surface area contributed by atoms with Crippen molar-refractivity contribution < 1.29 is 24.1 Å². The molecule has 26 heavy (non-hydrogen) atoms. The van der Waals surface area contributed by atoms with Crippen LogP contribution in [0.3, 0.4) is 0 Å². The molecule has 0 saturated carbocycles. The van der Waals surface area contributed by atoms with Gasteiger partial charge in [-0.1, -0.05) is 12.1 Å². The fourth-order valence-corrected chi connectivity index (χ4v) is 2.20. The highest BCUT2D eigenvalue weighted by Crippen LogP contribution is 2.27. The van der Waals surface area contributed by atoms with Gasteiger partial charge in [0.25, 0.3) is 0 Å². The molecule has 0 heterocycles. The first-order chi connectivity index (χ1) is 12.5. The number of benzene rings is 2. The van der Waals surface area contributed by atoms with Gasteiger partial charge in [-0.15, -0.1) is 0 Å². The van der Waals surface area contributed by atoms with E-state index in [9.17, 15) is 4.79 Å². The van der Waals surface area contributed by atoms with Crippen LogP contribution < -0.4 is 14.2 Å². The van der Waals surface area contributed by atoms with Crippen LogP contribution in [-0.2, 0) is 4.79 Å². The summed E-state index contributed by atoms with van der Waals surface area (Å²) in [6.07, 6.45) is 1.26. The molecule has 2 aromatic carbocycles. The maximum Gasteiger partial charge on any atom is 0.346 e. The molecule has 0 aliphatic heterocycles. The molecule has 0 bridgehead atoms. The molecule has 2 aromatic rings. The normalized spacial score (nSPS) is 10.7. The molecule has 0 fully saturated rings. The lowest BCUT2D eigenvalue weighted by Gasteiger charge is -2.12. The summed E-state index contributed by atoms with van der Waals surface area (Å²) in [5.74, 6) is 0.422. The van der Waals surface area contributed by atoms with Gasteiger partial charge in [-0.05, 0) is 42.8 Å². The van der Waals surface area contributed by atoms with Gasteiger partial charge in [-0.2, -0.15) is 5.26 Å². The molecule has 2 rings (SSSR count). The summed E-state index contributed by atoms with van der Waals surface area (Å²) in [5.41, 5.74) is 1.19. The zero-order valence-electron chi connectivity index (χ0n) is 14.6. The predicted molar refractivity (Wildman–Crippen MR) is 96.4 cm³/mol. The minimum Gasteiger partial charge on any atom is -0.497 e. The molecule has 6 heteroatoms. The third kappa shape index (κ3) is 5.28. The van der Waals surface area contributed by atoms with E-state index in [1.165, 1.54) is 13.2 Å². The Kier molecular flexibility index (Phi) is 6.63. The molecule has 0 atom stereocenters. The Hall–Kier alpha value is -3.46. The number of nitriles is 1. The lowest BCUT2D eigenvalue weighted by molar-refractivity contribution is -0.132. The number of carboxylic acids is 1. The average molecular weight is 353 g/mol. The van der Waals surface area contributed by atoms with E-state index < -0.39 is 5.97 Å². The van der Waals surface area contributed by atoms with Crippen LogP contribution in [0.4, 0.5) is 0 Å². The van der Waals surface area contributed by atoms with Crippen molar-refractivity contribution in [3.8, 4) is 23.3 Å². The van der Waals surface area contributed by atoms with Crippen molar-refractivity contribution in [3.63, 3.8) is 0 Å². The van der Waals surface area contributed by atoms with Crippen LogP contribution in [-0.4, -0.2) is 31.4 Å². The van der Waals surface area contributed by atoms with Crippen molar-refractivity contribution in [2.75, 3.05) is 20.3 Å². The molecule has 0 saturated heterocycles. The van der Waals surface area contributed by atoms with E-state index in [0.717, 1.165) is 11.3 Å². The van der Waals surface area contributed by atoms with E-state index in [1.807, 2.05) is 31.2 Å². The van der Waals surface area contributed by atoms with Gasteiger partial charge < -0.3 is 19.3 Å². The summed E-state index contributed by atoms with van der Waals surface area (Å²) >= 11 is 0. The topological polar surface area (TPSA) is 88.8 Å². The minimum absolute atomic E-state index is 0.247. The monoisotopic (exact) mass is 353 g/mol. The molecule has 0 aromatic heterocycles. The van der Waals surface area contributed by atoms with Crippen LogP contribution in [0, 0.1) is 18.3 Å². The van der Waals surface area contributed by atoms with Crippen LogP contribution >= 0.6 is 0 Å². The zero-order chi connectivity index (χ0) is 18.9. The van der Waals surface area contributed by atoms with Gasteiger partial charge in [0, 0.05) is 11.6 Å². The highest BCUT2D eigenvalue weighted by molar-refractivity contribution is 5.96. The van der Waals surface area contributed by atoms with Crippen LogP contribution in [0.25, 0.3) is 6.08 Å². The molecule has 0 aliphatic rings. The third-order valence-electron chi connectivity index (χ3n) is 3.47. The maximum absolute atomic E-state index is 11.0. The molecule has 0 spiro atoms. The van der Waals surface area contributed by atoms with Crippen molar-refractivity contribution in [2.24, 2.45) is 0 Å². The number of aliphatic carboxylic acids is 1. The summed E-state index contributed by atoms with van der Waals surface area (Å²) in [7, 11) is 1.52. The number of hydrogen-bond acceptors (Lipinski definition) is 5. The fraction of sp³-hybridized carbons (Fsp3) is 0.200. The molecule has 0 aliphatic carbocycles. The summed E-state index contributed by atoms with van der Waals surface area (Å²) in [4.78, 5) is 11.0. The first-order valence-corrected chi connectivity index (χ1v) is 7.89. The fourth-order valence-electron chi connectivity index (χ4n) is 2.20. The van der Waals surface area contributed by atoms with E-state index in [-0.39, 0.29) is 12.2 Å². The Balaban J connectivity index is 2.09. The molecule has 0 amide bonds. The second-order valence-corrected chi connectivity index (χ2v) is 5.39. The highest BCUT2D eigenvalue weighted by atomic mass is 16.5. The molecule has 0 unspecified atom stereocenters. The van der Waals surface area contributed by atoms with Gasteiger partial charge in [0.1, 0.15) is 42.1 Å². The molecular formula is C20H19NO5. The quantitative estimate of drug-likeness (QED) is 0.444. The lowest BCUT2D eigenvalue weighted by atomic mass is 10.1. The minimum atomic E-state index is -1.29. The van der Waals surface area contributed by atoms with E-state index >= 15 is 0 Å². The number of carboxylic acid groups (broad SMARTS) is 1. The molecule has 1 N–H and O–H groups in total. The number of carbonyl (C=O) groups is 1. The first kappa shape index (κ1) is 18.9. The van der Waals surface area contributed by atoms with Crippen LogP contribution in [0.1, 0.15) is 11.1 Å². The summed E-state index contributed by atoms with van der Waals surface area (Å²) < 4.78 is 16.5. The van der Waals surface area contributed by atoms with Crippen molar-refractivity contribution in [2.45, 2.75) is 6.92 Å². The van der Waals surface area contributed by atoms with Gasteiger partial charge in [0.05, 0.1) is 7.11 Å². The largest absolute Gasteiger partial charge is 0.497 e. The van der Waals surface area contributed by atoms with Crippen molar-refractivity contribution in [3.05, 3.63) is 59.2 Å². The Labute approximate surface area is 151 Å². The Morgan fingerprint density at radius 1 is 1.15 bits per heavy atom. The van der Waals surface area contributed by atoms with E-state index in [0.29, 0.717) is 23.7 Å². The van der Waals surface area contributed by atoms with E-state index in [4.69, 9.17) is 24.6 Å². The standard InChI is InChI=1S/C20H19NO5/c1-14-4-3-5-18(10-14)25-8-9-26-19-12-17(24-2)7-6-15(19)11-16(13-21)20(22)23/h3-7,10-12H,8-9H2,1-2H3,(H,22,23). The number of aryl methyl sites for hydroxylation is 1. The van der Waals surface area contributed by atoms with Gasteiger partial charge in [-0.25, -0.2) is 4.79 Å². The van der Waals surface area contributed by atoms with Gasteiger partial charge in [0.15, 0.2) is 0 Å². The third-order valence-corrected chi connectivity index (χ3v) is 3.47. The van der Waals surface area contributed by atoms with Gasteiger partial charge >= 0.3 is 5.97 Å². The number of nitrogens with zero attached hydrogens (tertiary/aromatic N) is 1. The second kappa shape index (κ2) is 9.14. The van der Waals surface area contributed by atoms with Gasteiger partial charge in [0.2, 0.25) is 0 Å². The zero-order valence-corrected chi connectivity index (χ0v) is 14.6. The van der Waals surface area contributed by atoms with E-state index in [2.05, 4.69) is 0 Å². The summed E-state index contributed by atoms with van der Waals surface area (Å²) in [6, 6.07) is 14.3. The van der Waals surface area contributed by atoms with Gasteiger partial charge in [-0.3, -0.25) is 0 Å². The average Bonchev–Trinajstić information content (AvgIpc) is 2.63. The number of ether oxygens (including phenoxy) is 3. The molecular weight excluding hydrogens is 334 g/mol. The van der Waals surface area contributed by atoms with E-state index in [1.54, 1.807) is 24.3 Å². The predicted octanol–water partition coefficient (Wildman–Crippen LogP) is 3.45. The molecule has 134 valence electrons. The summed E-state index contributed by atoms with van der Waals surface area (Å²) in [6.45, 7) is 2.54. The second-order valence-electron chi connectivity index (χ2n) is 5.39. The van der Waals surface area contributed by atoms with Crippen LogP contribution in [0.5, 0.6) is 17.2 Å². The van der Waals surface area contributed by atoms with Crippen molar-refractivity contribution in [1.29, 1.82) is 5.26 Å². The molecule has 0 radical (unpaired) electrons. The maximum atomic E-state index is 11.0. The Morgan fingerprint density at radius 3 is 2.58 bits per heavy atom. The summed E-state index contributed by atoms with van der Waals surface area (Å²) in [5, 5.41) is 17.9. The van der Waals surface area contributed by atoms with Crippen molar-refractivity contribution in [1.82, 2.24) is 0 Å².